The van der Waals surface area contributed by atoms with Crippen LogP contribution in [0, 0.1) is 0 Å². The molecule has 0 aliphatic carbocycles. The molecule has 1 aliphatic heterocycles. The standard InChI is InChI=1S/C27H22O9/c1-32-15-6-4-13(5-7-15)17-12-35-27-23-16(14-8-20(33-2)26(31)21(9-14)34-3)10-22(29)36-19(23)11-18(28)24(27)25(17)30/h4-9,11-12,16,28,31H,10H2,1-3H3/t16-/m1/s1. The first-order valence-electron chi connectivity index (χ1n) is 11.0. The second-order valence-electron chi connectivity index (χ2n) is 8.22. The van der Waals surface area contributed by atoms with Crippen LogP contribution < -0.4 is 24.4 Å². The summed E-state index contributed by atoms with van der Waals surface area (Å²) in [6, 6.07) is 11.3. The SMILES string of the molecule is COc1ccc(-c2coc3c4c(cc(O)c3c2=O)OC(=O)C[C@@H]4c2cc(OC)c(O)c(OC)c2)cc1. The van der Waals surface area contributed by atoms with Crippen LogP contribution in [-0.4, -0.2) is 37.5 Å². The highest BCUT2D eigenvalue weighted by atomic mass is 16.5. The molecule has 0 unspecified atom stereocenters. The molecule has 0 fully saturated rings. The highest BCUT2D eigenvalue weighted by Crippen LogP contribution is 2.48. The van der Waals surface area contributed by atoms with Crippen LogP contribution in [-0.2, 0) is 4.79 Å². The zero-order valence-corrected chi connectivity index (χ0v) is 19.7. The first-order valence-corrected chi connectivity index (χ1v) is 11.0. The van der Waals surface area contributed by atoms with E-state index in [1.54, 1.807) is 43.5 Å². The number of hydrogen-bond acceptors (Lipinski definition) is 9. The molecule has 1 aliphatic rings. The molecule has 36 heavy (non-hydrogen) atoms. The minimum absolute atomic E-state index is 0.0391. The third-order valence-electron chi connectivity index (χ3n) is 6.28. The topological polar surface area (TPSA) is 125 Å². The third-order valence-corrected chi connectivity index (χ3v) is 6.28. The minimum atomic E-state index is -0.636. The maximum Gasteiger partial charge on any atom is 0.312 e. The second-order valence-corrected chi connectivity index (χ2v) is 8.22. The number of carbonyl (C=O) groups excluding carboxylic acids is 1. The highest BCUT2D eigenvalue weighted by molar-refractivity contribution is 5.94. The zero-order valence-electron chi connectivity index (χ0n) is 19.7. The van der Waals surface area contributed by atoms with Crippen molar-refractivity contribution in [1.82, 2.24) is 0 Å². The Morgan fingerprint density at radius 1 is 0.917 bits per heavy atom. The second kappa shape index (κ2) is 8.84. The Kier molecular flexibility index (Phi) is 5.68. The lowest BCUT2D eigenvalue weighted by atomic mass is 9.84. The van der Waals surface area contributed by atoms with E-state index < -0.39 is 17.3 Å². The highest BCUT2D eigenvalue weighted by Gasteiger charge is 2.34. The van der Waals surface area contributed by atoms with Crippen molar-refractivity contribution in [2.75, 3.05) is 21.3 Å². The van der Waals surface area contributed by atoms with Crippen LogP contribution in [0.1, 0.15) is 23.5 Å². The van der Waals surface area contributed by atoms with Gasteiger partial charge < -0.3 is 33.6 Å². The molecule has 1 aromatic heterocycles. The molecule has 1 atom stereocenters. The Bertz CT molecular complexity index is 1530. The molecular weight excluding hydrogens is 468 g/mol. The number of aromatic hydroxyl groups is 2. The number of carbonyl (C=O) groups is 1. The van der Waals surface area contributed by atoms with Gasteiger partial charge in [-0.25, -0.2) is 0 Å². The quantitative estimate of drug-likeness (QED) is 0.310. The number of phenolic OH excluding ortho intramolecular Hbond substituents is 2. The molecule has 184 valence electrons. The number of esters is 1. The van der Waals surface area contributed by atoms with Crippen molar-refractivity contribution in [3.8, 4) is 45.6 Å². The molecule has 3 aromatic carbocycles. The Morgan fingerprint density at radius 2 is 1.58 bits per heavy atom. The Morgan fingerprint density at radius 3 is 2.19 bits per heavy atom. The lowest BCUT2D eigenvalue weighted by Gasteiger charge is -2.26. The average Bonchev–Trinajstić information content (AvgIpc) is 2.88. The van der Waals surface area contributed by atoms with Crippen molar-refractivity contribution in [3.05, 3.63) is 70.1 Å². The fraction of sp³-hybridized carbons (Fsp3) is 0.185. The van der Waals surface area contributed by atoms with Crippen molar-refractivity contribution in [1.29, 1.82) is 0 Å². The van der Waals surface area contributed by atoms with Crippen molar-refractivity contribution < 1.29 is 38.4 Å². The molecule has 9 heteroatoms. The van der Waals surface area contributed by atoms with Crippen LogP contribution in [0.3, 0.4) is 0 Å². The van der Waals surface area contributed by atoms with E-state index in [4.69, 9.17) is 23.4 Å². The minimum Gasteiger partial charge on any atom is -0.507 e. The van der Waals surface area contributed by atoms with Gasteiger partial charge in [-0.05, 0) is 35.4 Å². The summed E-state index contributed by atoms with van der Waals surface area (Å²) in [5.41, 5.74) is 1.45. The summed E-state index contributed by atoms with van der Waals surface area (Å²) in [7, 11) is 4.34. The predicted molar refractivity (Wildman–Crippen MR) is 129 cm³/mol. The molecule has 4 aromatic rings. The van der Waals surface area contributed by atoms with Gasteiger partial charge in [0.25, 0.3) is 0 Å². The summed E-state index contributed by atoms with van der Waals surface area (Å²) < 4.78 is 27.1. The van der Waals surface area contributed by atoms with Crippen LogP contribution in [0.5, 0.6) is 34.5 Å². The summed E-state index contributed by atoms with van der Waals surface area (Å²) in [6.45, 7) is 0. The molecule has 0 bridgehead atoms. The van der Waals surface area contributed by atoms with Crippen molar-refractivity contribution in [2.24, 2.45) is 0 Å². The van der Waals surface area contributed by atoms with Crippen LogP contribution in [0.2, 0.25) is 0 Å². The average molecular weight is 490 g/mol. The molecule has 0 spiro atoms. The van der Waals surface area contributed by atoms with E-state index in [-0.39, 0.29) is 51.7 Å². The summed E-state index contributed by atoms with van der Waals surface area (Å²) in [5, 5.41) is 21.1. The van der Waals surface area contributed by atoms with E-state index >= 15 is 0 Å². The number of phenols is 2. The normalized spacial score (nSPS) is 14.8. The number of methoxy groups -OCH3 is 3. The smallest absolute Gasteiger partial charge is 0.312 e. The van der Waals surface area contributed by atoms with Gasteiger partial charge in [0, 0.05) is 17.5 Å². The van der Waals surface area contributed by atoms with Gasteiger partial charge in [-0.2, -0.15) is 0 Å². The lowest BCUT2D eigenvalue weighted by Crippen LogP contribution is -2.22. The maximum atomic E-state index is 13.5. The predicted octanol–water partition coefficient (Wildman–Crippen LogP) is 4.34. The maximum absolute atomic E-state index is 13.5. The van der Waals surface area contributed by atoms with Gasteiger partial charge in [0.1, 0.15) is 34.5 Å². The van der Waals surface area contributed by atoms with E-state index in [9.17, 15) is 19.8 Å². The summed E-state index contributed by atoms with van der Waals surface area (Å²) >= 11 is 0. The summed E-state index contributed by atoms with van der Waals surface area (Å²) in [5.74, 6) is -0.724. The summed E-state index contributed by atoms with van der Waals surface area (Å²) in [4.78, 5) is 26.0. The van der Waals surface area contributed by atoms with Crippen LogP contribution in [0.15, 0.2) is 57.9 Å². The fourth-order valence-electron chi connectivity index (χ4n) is 4.50. The molecule has 0 radical (unpaired) electrons. The number of fused-ring (bicyclic) bond motifs is 3. The number of hydrogen-bond donors (Lipinski definition) is 2. The van der Waals surface area contributed by atoms with Crippen molar-refractivity contribution >= 4 is 16.9 Å². The van der Waals surface area contributed by atoms with E-state index in [1.165, 1.54) is 26.5 Å². The van der Waals surface area contributed by atoms with Crippen LogP contribution >= 0.6 is 0 Å². The van der Waals surface area contributed by atoms with E-state index in [0.29, 0.717) is 22.4 Å². The van der Waals surface area contributed by atoms with Crippen LogP contribution in [0.25, 0.3) is 22.1 Å². The molecule has 2 N–H and O–H groups in total. The molecule has 0 amide bonds. The monoisotopic (exact) mass is 490 g/mol. The Hall–Kier alpha value is -4.66. The largest absolute Gasteiger partial charge is 0.507 e. The van der Waals surface area contributed by atoms with Gasteiger partial charge in [0.15, 0.2) is 11.5 Å². The van der Waals surface area contributed by atoms with Gasteiger partial charge in [-0.1, -0.05) is 12.1 Å². The number of benzene rings is 3. The lowest BCUT2D eigenvalue weighted by molar-refractivity contribution is -0.135. The Labute approximate surface area is 205 Å². The van der Waals surface area contributed by atoms with Crippen molar-refractivity contribution in [3.63, 3.8) is 0 Å². The number of ether oxygens (including phenoxy) is 4. The van der Waals surface area contributed by atoms with E-state index in [2.05, 4.69) is 0 Å². The summed E-state index contributed by atoms with van der Waals surface area (Å²) in [6.07, 6.45) is 1.24. The molecule has 9 nitrogen and oxygen atoms in total. The van der Waals surface area contributed by atoms with Gasteiger partial charge in [0.2, 0.25) is 11.2 Å². The number of rotatable bonds is 5. The van der Waals surface area contributed by atoms with E-state index in [1.807, 2.05) is 0 Å². The van der Waals surface area contributed by atoms with Gasteiger partial charge in [-0.15, -0.1) is 0 Å². The Balaban J connectivity index is 1.75. The zero-order chi connectivity index (χ0) is 25.6. The third kappa shape index (κ3) is 3.65. The first-order chi connectivity index (χ1) is 17.4. The van der Waals surface area contributed by atoms with Gasteiger partial charge >= 0.3 is 5.97 Å². The molecule has 0 saturated carbocycles. The molecule has 5 rings (SSSR count). The fourth-order valence-corrected chi connectivity index (χ4v) is 4.50. The molecule has 2 heterocycles. The van der Waals surface area contributed by atoms with E-state index in [0.717, 1.165) is 0 Å². The van der Waals surface area contributed by atoms with Crippen molar-refractivity contribution in [2.45, 2.75) is 12.3 Å². The van der Waals surface area contributed by atoms with Gasteiger partial charge in [0.05, 0.1) is 33.3 Å². The van der Waals surface area contributed by atoms with Gasteiger partial charge in [-0.3, -0.25) is 9.59 Å². The van der Waals surface area contributed by atoms with Crippen LogP contribution in [0.4, 0.5) is 0 Å². The molecular formula is C27H22O9. The first kappa shape index (κ1) is 23.1. The molecule has 0 saturated heterocycles.